The largest absolute Gasteiger partial charge is 0.475 e. The summed E-state index contributed by atoms with van der Waals surface area (Å²) in [4.78, 5) is 15.9. The van der Waals surface area contributed by atoms with Crippen molar-refractivity contribution >= 4 is 5.97 Å². The standard InChI is InChI=1S/C17H14N2O3/c18-10-12-8-4-5-9-13(12)14-15(17(20)21)22-16(19-14)11-6-2-1-3-7-11/h1-9H,10,18H2,(H,20,21). The lowest BCUT2D eigenvalue weighted by molar-refractivity contribution is 0.0664. The molecule has 0 bridgehead atoms. The van der Waals surface area contributed by atoms with Crippen LogP contribution < -0.4 is 5.73 Å². The zero-order chi connectivity index (χ0) is 15.5. The first-order valence-corrected chi connectivity index (χ1v) is 6.78. The van der Waals surface area contributed by atoms with Gasteiger partial charge >= 0.3 is 5.97 Å². The van der Waals surface area contributed by atoms with E-state index in [1.165, 1.54) is 0 Å². The molecular weight excluding hydrogens is 280 g/mol. The highest BCUT2D eigenvalue weighted by molar-refractivity contribution is 5.93. The van der Waals surface area contributed by atoms with Gasteiger partial charge < -0.3 is 15.3 Å². The number of nitrogens with zero attached hydrogens (tertiary/aromatic N) is 1. The van der Waals surface area contributed by atoms with Crippen LogP contribution in [-0.4, -0.2) is 16.1 Å². The Kier molecular flexibility index (Phi) is 3.72. The summed E-state index contributed by atoms with van der Waals surface area (Å²) >= 11 is 0. The molecule has 0 unspecified atom stereocenters. The SMILES string of the molecule is NCc1ccccc1-c1nc(-c2ccccc2)oc1C(=O)O. The Balaban J connectivity index is 2.19. The first-order valence-electron chi connectivity index (χ1n) is 6.78. The van der Waals surface area contributed by atoms with Crippen LogP contribution in [-0.2, 0) is 6.54 Å². The molecule has 0 aliphatic heterocycles. The molecule has 110 valence electrons. The number of carboxylic acid groups (broad SMARTS) is 1. The maximum Gasteiger partial charge on any atom is 0.374 e. The number of aromatic nitrogens is 1. The van der Waals surface area contributed by atoms with E-state index >= 15 is 0 Å². The zero-order valence-electron chi connectivity index (χ0n) is 11.7. The maximum atomic E-state index is 11.5. The molecule has 0 atom stereocenters. The summed E-state index contributed by atoms with van der Waals surface area (Å²) in [7, 11) is 0. The number of nitrogens with two attached hydrogens (primary N) is 1. The predicted molar refractivity (Wildman–Crippen MR) is 82.2 cm³/mol. The fourth-order valence-electron chi connectivity index (χ4n) is 2.28. The van der Waals surface area contributed by atoms with Crippen LogP contribution in [0.1, 0.15) is 16.1 Å². The van der Waals surface area contributed by atoms with Gasteiger partial charge in [0.2, 0.25) is 11.7 Å². The Labute approximate surface area is 127 Å². The normalized spacial score (nSPS) is 10.6. The minimum atomic E-state index is -1.16. The predicted octanol–water partition coefficient (Wildman–Crippen LogP) is 3.17. The van der Waals surface area contributed by atoms with Crippen molar-refractivity contribution in [3.05, 3.63) is 65.9 Å². The fourth-order valence-corrected chi connectivity index (χ4v) is 2.28. The van der Waals surface area contributed by atoms with Crippen molar-refractivity contribution in [1.29, 1.82) is 0 Å². The Morgan fingerprint density at radius 3 is 2.45 bits per heavy atom. The van der Waals surface area contributed by atoms with Crippen LogP contribution in [0, 0.1) is 0 Å². The third-order valence-electron chi connectivity index (χ3n) is 3.33. The molecule has 0 radical (unpaired) electrons. The van der Waals surface area contributed by atoms with Gasteiger partial charge in [-0.25, -0.2) is 9.78 Å². The van der Waals surface area contributed by atoms with Gasteiger partial charge in [-0.05, 0) is 17.7 Å². The summed E-state index contributed by atoms with van der Waals surface area (Å²) in [6.45, 7) is 0.294. The highest BCUT2D eigenvalue weighted by atomic mass is 16.4. The molecular formula is C17H14N2O3. The Hall–Kier alpha value is -2.92. The third kappa shape index (κ3) is 2.49. The van der Waals surface area contributed by atoms with Gasteiger partial charge in [-0.15, -0.1) is 0 Å². The molecule has 0 fully saturated rings. The summed E-state index contributed by atoms with van der Waals surface area (Å²) in [6, 6.07) is 16.5. The van der Waals surface area contributed by atoms with Gasteiger partial charge in [0, 0.05) is 17.7 Å². The van der Waals surface area contributed by atoms with Gasteiger partial charge in [0.15, 0.2) is 0 Å². The highest BCUT2D eigenvalue weighted by Crippen LogP contribution is 2.31. The van der Waals surface area contributed by atoms with E-state index in [0.717, 1.165) is 11.1 Å². The Morgan fingerprint density at radius 2 is 1.77 bits per heavy atom. The number of rotatable bonds is 4. The third-order valence-corrected chi connectivity index (χ3v) is 3.33. The van der Waals surface area contributed by atoms with Crippen molar-refractivity contribution in [3.8, 4) is 22.7 Å². The summed E-state index contributed by atoms with van der Waals surface area (Å²) in [6.07, 6.45) is 0. The molecule has 0 spiro atoms. The number of aromatic carboxylic acids is 1. The molecule has 1 aromatic heterocycles. The molecule has 1 heterocycles. The van der Waals surface area contributed by atoms with Crippen molar-refractivity contribution in [3.63, 3.8) is 0 Å². The average Bonchev–Trinajstić information content (AvgIpc) is 3.01. The number of carboxylic acids is 1. The van der Waals surface area contributed by atoms with Crippen LogP contribution in [0.15, 0.2) is 59.0 Å². The van der Waals surface area contributed by atoms with Gasteiger partial charge in [0.1, 0.15) is 5.69 Å². The van der Waals surface area contributed by atoms with E-state index in [2.05, 4.69) is 4.98 Å². The molecule has 22 heavy (non-hydrogen) atoms. The van der Waals surface area contributed by atoms with E-state index in [1.807, 2.05) is 48.5 Å². The molecule has 2 aromatic carbocycles. The second-order valence-electron chi connectivity index (χ2n) is 4.73. The summed E-state index contributed by atoms with van der Waals surface area (Å²) < 4.78 is 5.46. The van der Waals surface area contributed by atoms with Gasteiger partial charge in [0.05, 0.1) is 0 Å². The second-order valence-corrected chi connectivity index (χ2v) is 4.73. The number of benzene rings is 2. The molecule has 5 nitrogen and oxygen atoms in total. The van der Waals surface area contributed by atoms with E-state index in [1.54, 1.807) is 6.07 Å². The van der Waals surface area contributed by atoms with Gasteiger partial charge in [-0.3, -0.25) is 0 Å². The quantitative estimate of drug-likeness (QED) is 0.771. The van der Waals surface area contributed by atoms with E-state index in [4.69, 9.17) is 10.2 Å². The van der Waals surface area contributed by atoms with E-state index in [-0.39, 0.29) is 11.7 Å². The van der Waals surface area contributed by atoms with Crippen molar-refractivity contribution in [2.75, 3.05) is 0 Å². The lowest BCUT2D eigenvalue weighted by atomic mass is 10.0. The first-order chi connectivity index (χ1) is 10.7. The smallest absolute Gasteiger partial charge is 0.374 e. The van der Waals surface area contributed by atoms with E-state index in [0.29, 0.717) is 17.8 Å². The lowest BCUT2D eigenvalue weighted by Crippen LogP contribution is -2.02. The zero-order valence-corrected chi connectivity index (χ0v) is 11.7. The second kappa shape index (κ2) is 5.83. The molecule has 3 aromatic rings. The summed E-state index contributed by atoms with van der Waals surface area (Å²) in [5, 5.41) is 9.39. The van der Waals surface area contributed by atoms with Crippen molar-refractivity contribution in [2.24, 2.45) is 5.73 Å². The minimum Gasteiger partial charge on any atom is -0.475 e. The molecule has 0 amide bonds. The van der Waals surface area contributed by atoms with Gasteiger partial charge in [-0.1, -0.05) is 42.5 Å². The Bertz CT molecular complexity index is 810. The number of hydrogen-bond acceptors (Lipinski definition) is 4. The van der Waals surface area contributed by atoms with E-state index in [9.17, 15) is 9.90 Å². The van der Waals surface area contributed by atoms with Crippen LogP contribution >= 0.6 is 0 Å². The Morgan fingerprint density at radius 1 is 1.09 bits per heavy atom. The summed E-state index contributed by atoms with van der Waals surface area (Å²) in [5.74, 6) is -1.06. The summed E-state index contributed by atoms with van der Waals surface area (Å²) in [5.41, 5.74) is 8.24. The van der Waals surface area contributed by atoms with Crippen LogP contribution in [0.4, 0.5) is 0 Å². The van der Waals surface area contributed by atoms with Gasteiger partial charge in [0.25, 0.3) is 0 Å². The lowest BCUT2D eigenvalue weighted by Gasteiger charge is -2.04. The monoisotopic (exact) mass is 294 g/mol. The number of hydrogen-bond donors (Lipinski definition) is 2. The van der Waals surface area contributed by atoms with Crippen molar-refractivity contribution in [1.82, 2.24) is 4.98 Å². The minimum absolute atomic E-state index is 0.181. The number of oxazole rings is 1. The molecule has 3 N–H and O–H groups in total. The van der Waals surface area contributed by atoms with E-state index < -0.39 is 5.97 Å². The molecule has 3 rings (SSSR count). The topological polar surface area (TPSA) is 89.4 Å². The van der Waals surface area contributed by atoms with Gasteiger partial charge in [-0.2, -0.15) is 0 Å². The molecule has 5 heteroatoms. The van der Waals surface area contributed by atoms with Crippen LogP contribution in [0.5, 0.6) is 0 Å². The average molecular weight is 294 g/mol. The fraction of sp³-hybridized carbons (Fsp3) is 0.0588. The van der Waals surface area contributed by atoms with Crippen LogP contribution in [0.2, 0.25) is 0 Å². The molecule has 0 aliphatic carbocycles. The molecule has 0 saturated heterocycles. The van der Waals surface area contributed by atoms with Crippen LogP contribution in [0.3, 0.4) is 0 Å². The maximum absolute atomic E-state index is 11.5. The van der Waals surface area contributed by atoms with Crippen molar-refractivity contribution < 1.29 is 14.3 Å². The van der Waals surface area contributed by atoms with Crippen molar-refractivity contribution in [2.45, 2.75) is 6.54 Å². The first kappa shape index (κ1) is 14.0. The number of carbonyl (C=O) groups is 1. The highest BCUT2D eigenvalue weighted by Gasteiger charge is 2.23. The molecule has 0 aliphatic rings. The molecule has 0 saturated carbocycles. The van der Waals surface area contributed by atoms with Crippen LogP contribution in [0.25, 0.3) is 22.7 Å².